The lowest BCUT2D eigenvalue weighted by Gasteiger charge is -1.98. The maximum absolute atomic E-state index is 4.66. The highest BCUT2D eigenvalue weighted by Crippen LogP contribution is 2.26. The van der Waals surface area contributed by atoms with Crippen LogP contribution in [0.4, 0.5) is 0 Å². The fraction of sp³-hybridized carbons (Fsp3) is 0.133. The van der Waals surface area contributed by atoms with Gasteiger partial charge in [0.15, 0.2) is 0 Å². The molecule has 84 valence electrons. The van der Waals surface area contributed by atoms with Crippen LogP contribution in [0.5, 0.6) is 0 Å². The van der Waals surface area contributed by atoms with Gasteiger partial charge in [0, 0.05) is 17.3 Å². The molecule has 2 heterocycles. The van der Waals surface area contributed by atoms with E-state index in [4.69, 9.17) is 0 Å². The topological polar surface area (TPSA) is 17.3 Å². The molecule has 2 aromatic heterocycles. The van der Waals surface area contributed by atoms with Gasteiger partial charge in [-0.3, -0.25) is 0 Å². The monoisotopic (exact) mass is 222 g/mol. The van der Waals surface area contributed by atoms with Crippen LogP contribution in [-0.4, -0.2) is 9.61 Å². The van der Waals surface area contributed by atoms with Crippen molar-refractivity contribution in [2.75, 3.05) is 0 Å². The van der Waals surface area contributed by atoms with Crippen LogP contribution in [0.15, 0.2) is 48.7 Å². The lowest BCUT2D eigenvalue weighted by molar-refractivity contribution is 0.960. The Bertz CT molecular complexity index is 666. The summed E-state index contributed by atoms with van der Waals surface area (Å²) in [6, 6.07) is 14.5. The number of fused-ring (bicyclic) bond motifs is 1. The molecular weight excluding hydrogens is 208 g/mol. The van der Waals surface area contributed by atoms with Crippen LogP contribution in [0.2, 0.25) is 0 Å². The number of pyridine rings is 1. The Hall–Kier alpha value is -2.09. The molecule has 0 spiro atoms. The van der Waals surface area contributed by atoms with Crippen molar-refractivity contribution in [2.24, 2.45) is 0 Å². The Labute approximate surface area is 101 Å². The summed E-state index contributed by atoms with van der Waals surface area (Å²) in [4.78, 5) is 0. The van der Waals surface area contributed by atoms with Crippen LogP contribution in [0.1, 0.15) is 11.1 Å². The predicted molar refractivity (Wildman–Crippen MR) is 70.1 cm³/mol. The molecule has 3 rings (SSSR count). The first-order valence-electron chi connectivity index (χ1n) is 5.77. The highest BCUT2D eigenvalue weighted by Gasteiger charge is 2.11. The second-order valence-electron chi connectivity index (χ2n) is 4.32. The SMILES string of the molecule is Cc1cccn2nc(-c3ccccc3)c(C)c12. The molecule has 17 heavy (non-hydrogen) atoms. The minimum atomic E-state index is 1.07. The average molecular weight is 222 g/mol. The quantitative estimate of drug-likeness (QED) is 0.614. The van der Waals surface area contributed by atoms with Gasteiger partial charge >= 0.3 is 0 Å². The Morgan fingerprint density at radius 1 is 0.941 bits per heavy atom. The molecule has 0 saturated heterocycles. The number of hydrogen-bond donors (Lipinski definition) is 0. The summed E-state index contributed by atoms with van der Waals surface area (Å²) in [5, 5.41) is 4.66. The number of aromatic nitrogens is 2. The molecule has 0 unspecified atom stereocenters. The summed E-state index contributed by atoms with van der Waals surface area (Å²) >= 11 is 0. The molecule has 0 atom stereocenters. The van der Waals surface area contributed by atoms with Crippen LogP contribution in [-0.2, 0) is 0 Å². The third kappa shape index (κ3) is 1.53. The molecule has 0 bridgehead atoms. The Kier molecular flexibility index (Phi) is 2.22. The van der Waals surface area contributed by atoms with E-state index in [9.17, 15) is 0 Å². The molecule has 0 aliphatic carbocycles. The number of benzene rings is 1. The number of nitrogens with zero attached hydrogens (tertiary/aromatic N) is 2. The molecule has 2 nitrogen and oxygen atoms in total. The highest BCUT2D eigenvalue weighted by atomic mass is 15.2. The van der Waals surface area contributed by atoms with Crippen molar-refractivity contribution in [1.29, 1.82) is 0 Å². The second kappa shape index (κ2) is 3.74. The van der Waals surface area contributed by atoms with Gasteiger partial charge in [-0.05, 0) is 25.5 Å². The van der Waals surface area contributed by atoms with Crippen LogP contribution >= 0.6 is 0 Å². The molecular formula is C15H14N2. The maximum atomic E-state index is 4.66. The molecule has 0 saturated carbocycles. The van der Waals surface area contributed by atoms with Crippen molar-refractivity contribution in [3.63, 3.8) is 0 Å². The number of aryl methyl sites for hydroxylation is 2. The van der Waals surface area contributed by atoms with Gasteiger partial charge in [-0.15, -0.1) is 0 Å². The van der Waals surface area contributed by atoms with E-state index in [1.54, 1.807) is 0 Å². The fourth-order valence-electron chi connectivity index (χ4n) is 2.32. The van der Waals surface area contributed by atoms with E-state index in [0.717, 1.165) is 5.69 Å². The Balaban J connectivity index is 2.33. The molecule has 0 amide bonds. The van der Waals surface area contributed by atoms with Gasteiger partial charge in [0.1, 0.15) is 0 Å². The van der Waals surface area contributed by atoms with Crippen molar-refractivity contribution in [1.82, 2.24) is 9.61 Å². The van der Waals surface area contributed by atoms with Gasteiger partial charge in [-0.1, -0.05) is 36.4 Å². The molecule has 3 aromatic rings. The third-order valence-electron chi connectivity index (χ3n) is 3.14. The van der Waals surface area contributed by atoms with E-state index < -0.39 is 0 Å². The smallest absolute Gasteiger partial charge is 0.0962 e. The normalized spacial score (nSPS) is 10.9. The fourth-order valence-corrected chi connectivity index (χ4v) is 2.32. The largest absolute Gasteiger partial charge is 0.240 e. The minimum Gasteiger partial charge on any atom is -0.240 e. The standard InChI is InChI=1S/C15H14N2/c1-11-7-6-10-17-15(11)12(2)14(16-17)13-8-4-3-5-9-13/h3-10H,1-2H3. The summed E-state index contributed by atoms with van der Waals surface area (Å²) < 4.78 is 1.97. The van der Waals surface area contributed by atoms with Crippen molar-refractivity contribution in [2.45, 2.75) is 13.8 Å². The summed E-state index contributed by atoms with van der Waals surface area (Å²) in [7, 11) is 0. The zero-order chi connectivity index (χ0) is 11.8. The van der Waals surface area contributed by atoms with E-state index in [2.05, 4.69) is 37.1 Å². The van der Waals surface area contributed by atoms with Crippen molar-refractivity contribution >= 4 is 5.52 Å². The van der Waals surface area contributed by atoms with E-state index in [1.165, 1.54) is 22.2 Å². The first-order valence-corrected chi connectivity index (χ1v) is 5.77. The van der Waals surface area contributed by atoms with Gasteiger partial charge in [-0.25, -0.2) is 4.52 Å². The molecule has 0 radical (unpaired) electrons. The lowest BCUT2D eigenvalue weighted by Crippen LogP contribution is -1.87. The number of hydrogen-bond acceptors (Lipinski definition) is 1. The number of rotatable bonds is 1. The maximum Gasteiger partial charge on any atom is 0.0962 e. The highest BCUT2D eigenvalue weighted by molar-refractivity contribution is 5.74. The van der Waals surface area contributed by atoms with E-state index in [1.807, 2.05) is 35.0 Å². The summed E-state index contributed by atoms with van der Waals surface area (Å²) in [6.07, 6.45) is 2.00. The van der Waals surface area contributed by atoms with Crippen LogP contribution < -0.4 is 0 Å². The molecule has 0 N–H and O–H groups in total. The first kappa shape index (κ1) is 10.1. The zero-order valence-corrected chi connectivity index (χ0v) is 10.0. The van der Waals surface area contributed by atoms with Crippen molar-refractivity contribution in [3.05, 3.63) is 59.8 Å². The molecule has 2 heteroatoms. The molecule has 0 aliphatic rings. The van der Waals surface area contributed by atoms with Crippen molar-refractivity contribution in [3.8, 4) is 11.3 Å². The van der Waals surface area contributed by atoms with Crippen molar-refractivity contribution < 1.29 is 0 Å². The van der Waals surface area contributed by atoms with Crippen LogP contribution in [0.25, 0.3) is 16.8 Å². The van der Waals surface area contributed by atoms with E-state index in [-0.39, 0.29) is 0 Å². The summed E-state index contributed by atoms with van der Waals surface area (Å²) in [5.41, 5.74) is 5.97. The Morgan fingerprint density at radius 3 is 2.41 bits per heavy atom. The lowest BCUT2D eigenvalue weighted by atomic mass is 10.1. The van der Waals surface area contributed by atoms with Gasteiger partial charge in [-0.2, -0.15) is 5.10 Å². The predicted octanol–water partition coefficient (Wildman–Crippen LogP) is 3.62. The van der Waals surface area contributed by atoms with E-state index in [0.29, 0.717) is 0 Å². The summed E-state index contributed by atoms with van der Waals surface area (Å²) in [6.45, 7) is 4.26. The zero-order valence-electron chi connectivity index (χ0n) is 10.0. The minimum absolute atomic E-state index is 1.07. The second-order valence-corrected chi connectivity index (χ2v) is 4.32. The Morgan fingerprint density at radius 2 is 1.71 bits per heavy atom. The molecule has 0 aliphatic heterocycles. The summed E-state index contributed by atoms with van der Waals surface area (Å²) in [5.74, 6) is 0. The van der Waals surface area contributed by atoms with Crippen LogP contribution in [0.3, 0.4) is 0 Å². The first-order chi connectivity index (χ1) is 8.27. The third-order valence-corrected chi connectivity index (χ3v) is 3.14. The van der Waals surface area contributed by atoms with Gasteiger partial charge in [0.2, 0.25) is 0 Å². The van der Waals surface area contributed by atoms with E-state index >= 15 is 0 Å². The van der Waals surface area contributed by atoms with Crippen LogP contribution in [0, 0.1) is 13.8 Å². The molecule has 1 aromatic carbocycles. The molecule has 0 fully saturated rings. The average Bonchev–Trinajstić information content (AvgIpc) is 2.69. The van der Waals surface area contributed by atoms with Gasteiger partial charge in [0.25, 0.3) is 0 Å². The van der Waals surface area contributed by atoms with Gasteiger partial charge in [0.05, 0.1) is 11.2 Å². The van der Waals surface area contributed by atoms with Gasteiger partial charge < -0.3 is 0 Å².